The molecule has 8 nitrogen and oxygen atoms in total. The minimum Gasteiger partial charge on any atom is -0.446 e. The average molecular weight is 566 g/mol. The number of carbonyl (C=O) groups is 2. The zero-order valence-electron chi connectivity index (χ0n) is 25.3. The molecule has 0 radical (unpaired) electrons. The van der Waals surface area contributed by atoms with Crippen molar-refractivity contribution in [3.05, 3.63) is 0 Å². The highest BCUT2D eigenvalue weighted by Crippen LogP contribution is 2.13. The van der Waals surface area contributed by atoms with Crippen LogP contribution >= 0.6 is 12.4 Å². The first kappa shape index (κ1) is 38.9. The topological polar surface area (TPSA) is 80.3 Å². The van der Waals surface area contributed by atoms with Crippen molar-refractivity contribution in [2.75, 3.05) is 61.1 Å². The van der Waals surface area contributed by atoms with E-state index in [0.29, 0.717) is 13.2 Å². The lowest BCUT2D eigenvalue weighted by atomic mass is 10.0. The minimum absolute atomic E-state index is 0. The molecular formula is C29H60ClN3O5. The molecule has 0 aliphatic rings. The summed E-state index contributed by atoms with van der Waals surface area (Å²) in [5, 5.41) is 2.68. The van der Waals surface area contributed by atoms with Crippen LogP contribution in [0.2, 0.25) is 0 Å². The van der Waals surface area contributed by atoms with Crippen LogP contribution in [-0.2, 0) is 14.2 Å². The van der Waals surface area contributed by atoms with Crippen molar-refractivity contribution >= 4 is 24.6 Å². The summed E-state index contributed by atoms with van der Waals surface area (Å²) < 4.78 is 16.3. The number of unbranched alkanes of at least 4 members (excludes halogenated alkanes) is 15. The van der Waals surface area contributed by atoms with Gasteiger partial charge in [-0.25, -0.2) is 9.59 Å². The number of nitrogens with zero attached hydrogens (tertiary/aromatic N) is 2. The van der Waals surface area contributed by atoms with Gasteiger partial charge in [0.15, 0.2) is 6.10 Å². The van der Waals surface area contributed by atoms with Crippen LogP contribution in [-0.4, -0.2) is 89.2 Å². The smallest absolute Gasteiger partial charge is 0.409 e. The maximum atomic E-state index is 11.9. The second-order valence-electron chi connectivity index (χ2n) is 10.6. The molecule has 1 N–H and O–H groups in total. The Hall–Kier alpha value is -1.25. The van der Waals surface area contributed by atoms with Crippen molar-refractivity contribution in [1.82, 2.24) is 15.1 Å². The Kier molecular flexibility index (Phi) is 29.4. The molecule has 0 saturated carbocycles. The zero-order valence-corrected chi connectivity index (χ0v) is 26.1. The van der Waals surface area contributed by atoms with E-state index in [1.165, 1.54) is 94.8 Å². The molecule has 1 unspecified atom stereocenters. The average Bonchev–Trinajstić information content (AvgIpc) is 2.85. The van der Waals surface area contributed by atoms with E-state index in [0.717, 1.165) is 19.4 Å². The van der Waals surface area contributed by atoms with Gasteiger partial charge < -0.3 is 29.3 Å². The van der Waals surface area contributed by atoms with E-state index >= 15 is 0 Å². The Morgan fingerprint density at radius 1 is 0.711 bits per heavy atom. The molecule has 0 aliphatic heterocycles. The quantitative estimate of drug-likeness (QED) is 0.120. The number of alkyl carbamates (subject to hydrolysis) is 1. The Labute approximate surface area is 240 Å². The number of carbonyl (C=O) groups excluding carboxylic acids is 2. The van der Waals surface area contributed by atoms with Gasteiger partial charge in [0.05, 0.1) is 6.61 Å². The van der Waals surface area contributed by atoms with E-state index in [1.807, 2.05) is 19.0 Å². The Morgan fingerprint density at radius 2 is 1.18 bits per heavy atom. The number of rotatable bonds is 25. The summed E-state index contributed by atoms with van der Waals surface area (Å²) in [4.78, 5) is 27.1. The number of amides is 2. The molecule has 0 aromatic heterocycles. The number of halogens is 1. The SMILES string of the molecule is CCCCCCCCCCCCCCCCCCOCC(COC(=O)NCCN(C)C)OC(=O)N(C)C.Cl. The number of ether oxygens (including phenoxy) is 3. The van der Waals surface area contributed by atoms with Crippen molar-refractivity contribution in [1.29, 1.82) is 0 Å². The predicted molar refractivity (Wildman–Crippen MR) is 159 cm³/mol. The van der Waals surface area contributed by atoms with Gasteiger partial charge in [-0.15, -0.1) is 12.4 Å². The standard InChI is InChI=1S/C29H59N3O5.ClH/c1-6-7-8-9-10-11-12-13-14-15-16-17-18-19-20-21-24-35-25-27(37-29(34)32(4)5)26-36-28(33)30-22-23-31(2)3;/h27H,6-26H2,1-5H3,(H,30,33);1H. The van der Waals surface area contributed by atoms with Gasteiger partial charge in [0, 0.05) is 33.8 Å². The van der Waals surface area contributed by atoms with E-state index in [-0.39, 0.29) is 25.6 Å². The normalized spacial score (nSPS) is 11.6. The van der Waals surface area contributed by atoms with E-state index in [2.05, 4.69) is 12.2 Å². The van der Waals surface area contributed by atoms with Crippen molar-refractivity contribution < 1.29 is 23.8 Å². The number of hydrogen-bond donors (Lipinski definition) is 1. The Bertz CT molecular complexity index is 538. The Morgan fingerprint density at radius 3 is 1.63 bits per heavy atom. The fraction of sp³-hybridized carbons (Fsp3) is 0.931. The van der Waals surface area contributed by atoms with Gasteiger partial charge in [0.1, 0.15) is 6.61 Å². The maximum Gasteiger partial charge on any atom is 0.409 e. The van der Waals surface area contributed by atoms with Crippen molar-refractivity contribution in [3.8, 4) is 0 Å². The highest BCUT2D eigenvalue weighted by atomic mass is 35.5. The van der Waals surface area contributed by atoms with E-state index in [4.69, 9.17) is 14.2 Å². The number of hydrogen-bond acceptors (Lipinski definition) is 6. The van der Waals surface area contributed by atoms with Gasteiger partial charge in [-0.1, -0.05) is 103 Å². The van der Waals surface area contributed by atoms with Gasteiger partial charge in [0.2, 0.25) is 0 Å². The van der Waals surface area contributed by atoms with Gasteiger partial charge in [-0.2, -0.15) is 0 Å². The van der Waals surface area contributed by atoms with Crippen LogP contribution in [0.4, 0.5) is 9.59 Å². The minimum atomic E-state index is -0.629. The molecule has 0 saturated heterocycles. The molecule has 0 heterocycles. The second kappa shape index (κ2) is 28.8. The van der Waals surface area contributed by atoms with Crippen molar-refractivity contribution in [2.45, 2.75) is 116 Å². The molecule has 0 fully saturated rings. The molecule has 38 heavy (non-hydrogen) atoms. The van der Waals surface area contributed by atoms with Crippen molar-refractivity contribution in [3.63, 3.8) is 0 Å². The molecule has 0 rings (SSSR count). The van der Waals surface area contributed by atoms with Crippen LogP contribution < -0.4 is 5.32 Å². The summed E-state index contributed by atoms with van der Waals surface area (Å²) in [6, 6.07) is 0. The molecule has 9 heteroatoms. The fourth-order valence-electron chi connectivity index (χ4n) is 3.93. The van der Waals surface area contributed by atoms with Crippen LogP contribution in [0.1, 0.15) is 110 Å². The first-order valence-electron chi connectivity index (χ1n) is 14.9. The summed E-state index contributed by atoms with van der Waals surface area (Å²) in [5.74, 6) is 0. The predicted octanol–water partition coefficient (Wildman–Crippen LogP) is 7.04. The third kappa shape index (κ3) is 27.8. The molecule has 0 bridgehead atoms. The van der Waals surface area contributed by atoms with Gasteiger partial charge in [-0.05, 0) is 20.5 Å². The Balaban J connectivity index is 0. The van der Waals surface area contributed by atoms with Gasteiger partial charge in [-0.3, -0.25) is 0 Å². The largest absolute Gasteiger partial charge is 0.446 e. The lowest BCUT2D eigenvalue weighted by molar-refractivity contribution is -0.0198. The van der Waals surface area contributed by atoms with Crippen LogP contribution in [0, 0.1) is 0 Å². The van der Waals surface area contributed by atoms with Crippen LogP contribution in [0.25, 0.3) is 0 Å². The molecule has 0 aliphatic carbocycles. The third-order valence-electron chi connectivity index (χ3n) is 6.31. The van der Waals surface area contributed by atoms with Crippen LogP contribution in [0.15, 0.2) is 0 Å². The molecule has 0 aromatic rings. The summed E-state index contributed by atoms with van der Waals surface area (Å²) in [6.07, 6.45) is 19.7. The van der Waals surface area contributed by atoms with Crippen LogP contribution in [0.3, 0.4) is 0 Å². The first-order valence-corrected chi connectivity index (χ1v) is 14.9. The molecule has 1 atom stereocenters. The zero-order chi connectivity index (χ0) is 27.6. The fourth-order valence-corrected chi connectivity index (χ4v) is 3.93. The maximum absolute atomic E-state index is 11.9. The number of likely N-dealkylation sites (N-methyl/N-ethyl adjacent to an activating group) is 1. The third-order valence-corrected chi connectivity index (χ3v) is 6.31. The van der Waals surface area contributed by atoms with Gasteiger partial charge >= 0.3 is 12.2 Å². The summed E-state index contributed by atoms with van der Waals surface area (Å²) >= 11 is 0. The van der Waals surface area contributed by atoms with E-state index < -0.39 is 18.3 Å². The summed E-state index contributed by atoms with van der Waals surface area (Å²) in [5.41, 5.74) is 0. The molecule has 2 amide bonds. The monoisotopic (exact) mass is 565 g/mol. The van der Waals surface area contributed by atoms with E-state index in [9.17, 15) is 9.59 Å². The van der Waals surface area contributed by atoms with E-state index in [1.54, 1.807) is 14.1 Å². The summed E-state index contributed by atoms with van der Waals surface area (Å²) in [6.45, 7) is 4.27. The lowest BCUT2D eigenvalue weighted by Gasteiger charge is -2.20. The molecule has 0 aromatic carbocycles. The van der Waals surface area contributed by atoms with Crippen LogP contribution in [0.5, 0.6) is 0 Å². The molecular weight excluding hydrogens is 506 g/mol. The molecule has 228 valence electrons. The number of nitrogens with one attached hydrogen (secondary N) is 1. The molecule has 0 spiro atoms. The van der Waals surface area contributed by atoms with Gasteiger partial charge in [0.25, 0.3) is 0 Å². The summed E-state index contributed by atoms with van der Waals surface area (Å²) in [7, 11) is 7.10. The first-order chi connectivity index (χ1) is 17.9. The lowest BCUT2D eigenvalue weighted by Crippen LogP contribution is -2.37. The second-order valence-corrected chi connectivity index (χ2v) is 10.6. The highest BCUT2D eigenvalue weighted by molar-refractivity contribution is 5.85. The van der Waals surface area contributed by atoms with Crippen molar-refractivity contribution in [2.24, 2.45) is 0 Å². The highest BCUT2D eigenvalue weighted by Gasteiger charge is 2.18.